The molecular formula is C8H19N3. The smallest absolute Gasteiger partial charge is 0.186 e. The zero-order valence-electron chi connectivity index (χ0n) is 7.67. The summed E-state index contributed by atoms with van der Waals surface area (Å²) in [5.74, 6) is 0.924. The highest BCUT2D eigenvalue weighted by Crippen LogP contribution is 2.08. The molecule has 3 nitrogen and oxygen atoms in total. The van der Waals surface area contributed by atoms with Crippen molar-refractivity contribution >= 4 is 5.96 Å². The van der Waals surface area contributed by atoms with Gasteiger partial charge in [-0.25, -0.2) is 0 Å². The molecule has 1 atom stereocenters. The van der Waals surface area contributed by atoms with Crippen molar-refractivity contribution in [3.63, 3.8) is 0 Å². The van der Waals surface area contributed by atoms with E-state index in [1.807, 2.05) is 6.92 Å². The lowest BCUT2D eigenvalue weighted by molar-refractivity contribution is 0.515. The first-order valence-corrected chi connectivity index (χ1v) is 4.11. The Kier molecular flexibility index (Phi) is 4.66. The standard InChI is InChI=1S/C8H19N3/c1-6(2)4-5-7(3)11-8(9)10/h6-7H,4-5H2,1-3H3,(H4,9,10,11). The lowest BCUT2D eigenvalue weighted by Crippen LogP contribution is -2.24. The third-order valence-electron chi connectivity index (χ3n) is 1.53. The summed E-state index contributed by atoms with van der Waals surface area (Å²) >= 11 is 0. The molecular weight excluding hydrogens is 138 g/mol. The van der Waals surface area contributed by atoms with Crippen LogP contribution in [-0.2, 0) is 0 Å². The highest BCUT2D eigenvalue weighted by molar-refractivity contribution is 5.75. The molecule has 1 unspecified atom stereocenters. The number of nitrogens with zero attached hydrogens (tertiary/aromatic N) is 1. The molecule has 0 amide bonds. The van der Waals surface area contributed by atoms with E-state index in [-0.39, 0.29) is 12.0 Å². The second-order valence-corrected chi connectivity index (χ2v) is 3.37. The summed E-state index contributed by atoms with van der Waals surface area (Å²) in [6, 6.07) is 0.266. The first kappa shape index (κ1) is 10.3. The summed E-state index contributed by atoms with van der Waals surface area (Å²) in [6.45, 7) is 6.42. The Bertz CT molecular complexity index is 125. The van der Waals surface area contributed by atoms with Crippen LogP contribution in [0.5, 0.6) is 0 Å². The molecule has 0 aliphatic carbocycles. The molecule has 0 aliphatic rings. The maximum atomic E-state index is 5.23. The van der Waals surface area contributed by atoms with E-state index in [4.69, 9.17) is 11.5 Å². The summed E-state index contributed by atoms with van der Waals surface area (Å²) in [7, 11) is 0. The first-order valence-electron chi connectivity index (χ1n) is 4.11. The molecule has 0 fully saturated rings. The predicted octanol–water partition coefficient (Wildman–Crippen LogP) is 1.08. The molecule has 4 N–H and O–H groups in total. The van der Waals surface area contributed by atoms with Crippen molar-refractivity contribution in [2.75, 3.05) is 0 Å². The normalized spacial score (nSPS) is 13.1. The Morgan fingerprint density at radius 3 is 2.09 bits per heavy atom. The van der Waals surface area contributed by atoms with Crippen molar-refractivity contribution in [3.8, 4) is 0 Å². The summed E-state index contributed by atoms with van der Waals surface area (Å²) in [5, 5.41) is 0. The van der Waals surface area contributed by atoms with E-state index in [0.717, 1.165) is 12.3 Å². The van der Waals surface area contributed by atoms with Crippen LogP contribution in [0.25, 0.3) is 0 Å². The Labute approximate surface area is 68.9 Å². The third kappa shape index (κ3) is 7.16. The van der Waals surface area contributed by atoms with Crippen LogP contribution in [0.2, 0.25) is 0 Å². The molecule has 0 aromatic heterocycles. The lowest BCUT2D eigenvalue weighted by Gasteiger charge is -2.08. The second-order valence-electron chi connectivity index (χ2n) is 3.37. The highest BCUT2D eigenvalue weighted by atomic mass is 15.0. The van der Waals surface area contributed by atoms with Crippen LogP contribution < -0.4 is 11.5 Å². The van der Waals surface area contributed by atoms with Gasteiger partial charge in [0, 0.05) is 0 Å². The van der Waals surface area contributed by atoms with Crippen molar-refractivity contribution in [2.45, 2.75) is 39.7 Å². The number of guanidine groups is 1. The van der Waals surface area contributed by atoms with E-state index in [1.54, 1.807) is 0 Å². The molecule has 0 saturated heterocycles. The van der Waals surface area contributed by atoms with E-state index in [9.17, 15) is 0 Å². The van der Waals surface area contributed by atoms with Gasteiger partial charge in [0.25, 0.3) is 0 Å². The molecule has 0 aliphatic heterocycles. The summed E-state index contributed by atoms with van der Waals surface area (Å²) in [6.07, 6.45) is 2.24. The minimum absolute atomic E-state index is 0.196. The average molecular weight is 157 g/mol. The molecule has 0 saturated carbocycles. The number of rotatable bonds is 4. The number of aliphatic imine (C=N–C) groups is 1. The first-order chi connectivity index (χ1) is 5.02. The van der Waals surface area contributed by atoms with Crippen LogP contribution in [0.1, 0.15) is 33.6 Å². The van der Waals surface area contributed by atoms with Crippen molar-refractivity contribution in [1.29, 1.82) is 0 Å². The van der Waals surface area contributed by atoms with Crippen LogP contribution in [0, 0.1) is 5.92 Å². The van der Waals surface area contributed by atoms with Gasteiger partial charge in [0.15, 0.2) is 5.96 Å². The van der Waals surface area contributed by atoms with Crippen LogP contribution in [-0.4, -0.2) is 12.0 Å². The Balaban J connectivity index is 3.53. The summed E-state index contributed by atoms with van der Waals surface area (Å²) in [5.41, 5.74) is 10.5. The average Bonchev–Trinajstić information content (AvgIpc) is 1.82. The van der Waals surface area contributed by atoms with Crippen molar-refractivity contribution in [3.05, 3.63) is 0 Å². The summed E-state index contributed by atoms with van der Waals surface area (Å²) < 4.78 is 0. The predicted molar refractivity (Wildman–Crippen MR) is 49.3 cm³/mol. The molecule has 0 radical (unpaired) electrons. The van der Waals surface area contributed by atoms with Gasteiger partial charge in [0.1, 0.15) is 0 Å². The largest absolute Gasteiger partial charge is 0.370 e. The van der Waals surface area contributed by atoms with Gasteiger partial charge in [0.05, 0.1) is 6.04 Å². The van der Waals surface area contributed by atoms with Gasteiger partial charge in [-0.1, -0.05) is 13.8 Å². The van der Waals surface area contributed by atoms with E-state index in [0.29, 0.717) is 0 Å². The fourth-order valence-electron chi connectivity index (χ4n) is 0.894. The van der Waals surface area contributed by atoms with Crippen LogP contribution in [0.3, 0.4) is 0 Å². The molecule has 0 spiro atoms. The molecule has 0 aromatic rings. The second kappa shape index (κ2) is 4.99. The fourth-order valence-corrected chi connectivity index (χ4v) is 0.894. The van der Waals surface area contributed by atoms with Gasteiger partial charge < -0.3 is 11.5 Å². The van der Waals surface area contributed by atoms with Crippen molar-refractivity contribution < 1.29 is 0 Å². The quantitative estimate of drug-likeness (QED) is 0.474. The zero-order chi connectivity index (χ0) is 8.85. The topological polar surface area (TPSA) is 64.4 Å². The molecule has 0 aromatic carbocycles. The van der Waals surface area contributed by atoms with Crippen molar-refractivity contribution in [1.82, 2.24) is 0 Å². The van der Waals surface area contributed by atoms with Crippen molar-refractivity contribution in [2.24, 2.45) is 22.4 Å². The Morgan fingerprint density at radius 1 is 1.18 bits per heavy atom. The molecule has 0 rings (SSSR count). The van der Waals surface area contributed by atoms with Gasteiger partial charge in [-0.2, -0.15) is 0 Å². The Hall–Kier alpha value is -0.730. The number of nitrogens with two attached hydrogens (primary N) is 2. The van der Waals surface area contributed by atoms with E-state index in [1.165, 1.54) is 6.42 Å². The molecule has 0 heterocycles. The van der Waals surface area contributed by atoms with E-state index >= 15 is 0 Å². The van der Waals surface area contributed by atoms with Gasteiger partial charge in [0.2, 0.25) is 0 Å². The fraction of sp³-hybridized carbons (Fsp3) is 0.875. The highest BCUT2D eigenvalue weighted by Gasteiger charge is 2.00. The Morgan fingerprint density at radius 2 is 1.73 bits per heavy atom. The van der Waals surface area contributed by atoms with Gasteiger partial charge in [-0.15, -0.1) is 0 Å². The molecule has 3 heteroatoms. The maximum absolute atomic E-state index is 5.23. The summed E-state index contributed by atoms with van der Waals surface area (Å²) in [4.78, 5) is 4.02. The number of hydrogen-bond donors (Lipinski definition) is 2. The van der Waals surface area contributed by atoms with Gasteiger partial charge in [-0.3, -0.25) is 4.99 Å². The minimum Gasteiger partial charge on any atom is -0.370 e. The molecule has 66 valence electrons. The van der Waals surface area contributed by atoms with Crippen LogP contribution in [0.4, 0.5) is 0 Å². The zero-order valence-corrected chi connectivity index (χ0v) is 7.67. The van der Waals surface area contributed by atoms with Crippen LogP contribution in [0.15, 0.2) is 4.99 Å². The third-order valence-corrected chi connectivity index (χ3v) is 1.53. The number of hydrogen-bond acceptors (Lipinski definition) is 1. The van der Waals surface area contributed by atoms with Gasteiger partial charge >= 0.3 is 0 Å². The molecule has 0 bridgehead atoms. The van der Waals surface area contributed by atoms with Crippen LogP contribution >= 0.6 is 0 Å². The molecule has 11 heavy (non-hydrogen) atoms. The minimum atomic E-state index is 0.196. The van der Waals surface area contributed by atoms with E-state index in [2.05, 4.69) is 18.8 Å². The SMILES string of the molecule is CC(C)CCC(C)N=C(N)N. The van der Waals surface area contributed by atoms with Gasteiger partial charge in [-0.05, 0) is 25.7 Å². The maximum Gasteiger partial charge on any atom is 0.186 e. The monoisotopic (exact) mass is 157 g/mol. The van der Waals surface area contributed by atoms with E-state index < -0.39 is 0 Å². The lowest BCUT2D eigenvalue weighted by atomic mass is 10.1.